The molecule has 1 saturated carbocycles. The lowest BCUT2D eigenvalue weighted by molar-refractivity contribution is -0.118. The lowest BCUT2D eigenvalue weighted by Crippen LogP contribution is -2.31. The molecule has 1 aliphatic carbocycles. The van der Waals surface area contributed by atoms with Gasteiger partial charge in [0.1, 0.15) is 0 Å². The Labute approximate surface area is 111 Å². The van der Waals surface area contributed by atoms with Gasteiger partial charge in [0.15, 0.2) is 6.29 Å². The predicted octanol–water partition coefficient (Wildman–Crippen LogP) is 1.94. The molecular formula is C12H20O3S2. The average Bonchev–Trinajstić information content (AvgIpc) is 2.86. The number of methoxy groups -OCH3 is 1. The van der Waals surface area contributed by atoms with E-state index in [9.17, 15) is 5.11 Å². The first kappa shape index (κ1) is 12.6. The van der Waals surface area contributed by atoms with Crippen molar-refractivity contribution in [3.63, 3.8) is 0 Å². The van der Waals surface area contributed by atoms with E-state index in [-0.39, 0.29) is 18.5 Å². The number of aliphatic hydroxyl groups excluding tert-OH is 1. The van der Waals surface area contributed by atoms with Crippen LogP contribution in [-0.4, -0.2) is 46.8 Å². The summed E-state index contributed by atoms with van der Waals surface area (Å²) in [5.74, 6) is 3.38. The van der Waals surface area contributed by atoms with Gasteiger partial charge >= 0.3 is 0 Å². The molecule has 0 radical (unpaired) electrons. The van der Waals surface area contributed by atoms with E-state index in [4.69, 9.17) is 9.47 Å². The van der Waals surface area contributed by atoms with E-state index >= 15 is 0 Å². The van der Waals surface area contributed by atoms with Crippen LogP contribution in [0.4, 0.5) is 0 Å². The van der Waals surface area contributed by atoms with E-state index in [2.05, 4.69) is 0 Å². The molecule has 0 aromatic carbocycles. The molecule has 1 N–H and O–H groups in total. The molecule has 3 rings (SSSR count). The quantitative estimate of drug-likeness (QED) is 0.834. The van der Waals surface area contributed by atoms with E-state index in [1.54, 1.807) is 7.11 Å². The van der Waals surface area contributed by atoms with E-state index in [1.165, 1.54) is 17.9 Å². The summed E-state index contributed by atoms with van der Waals surface area (Å²) in [7, 11) is 1.71. The largest absolute Gasteiger partial charge is 0.393 e. The van der Waals surface area contributed by atoms with Crippen LogP contribution in [0.15, 0.2) is 0 Å². The molecule has 3 aliphatic rings. The van der Waals surface area contributed by atoms with Gasteiger partial charge in [-0.15, -0.1) is 23.5 Å². The van der Waals surface area contributed by atoms with Crippen molar-refractivity contribution in [2.24, 2.45) is 11.8 Å². The molecule has 3 fully saturated rings. The number of fused-ring (bicyclic) bond motifs is 1. The molecule has 3 nitrogen and oxygen atoms in total. The Bertz CT molecular complexity index is 270. The smallest absolute Gasteiger partial charge is 0.157 e. The third-order valence-corrected chi connectivity index (χ3v) is 7.26. The van der Waals surface area contributed by atoms with Crippen LogP contribution in [0.25, 0.3) is 0 Å². The van der Waals surface area contributed by atoms with Crippen molar-refractivity contribution < 1.29 is 14.6 Å². The predicted molar refractivity (Wildman–Crippen MR) is 71.2 cm³/mol. The van der Waals surface area contributed by atoms with E-state index in [0.29, 0.717) is 16.4 Å². The summed E-state index contributed by atoms with van der Waals surface area (Å²) in [5.41, 5.74) is 0. The number of rotatable bonds is 2. The van der Waals surface area contributed by atoms with Gasteiger partial charge in [-0.3, -0.25) is 0 Å². The van der Waals surface area contributed by atoms with Crippen LogP contribution < -0.4 is 0 Å². The number of hydrogen-bond acceptors (Lipinski definition) is 5. The number of ether oxygens (including phenoxy) is 2. The van der Waals surface area contributed by atoms with Gasteiger partial charge in [-0.05, 0) is 23.8 Å². The fraction of sp³-hybridized carbons (Fsp3) is 1.00. The van der Waals surface area contributed by atoms with Crippen molar-refractivity contribution in [3.05, 3.63) is 0 Å². The zero-order valence-corrected chi connectivity index (χ0v) is 11.7. The van der Waals surface area contributed by atoms with Crippen molar-refractivity contribution in [1.82, 2.24) is 0 Å². The summed E-state index contributed by atoms with van der Waals surface area (Å²) < 4.78 is 11.7. The van der Waals surface area contributed by atoms with Crippen LogP contribution in [-0.2, 0) is 9.47 Å². The molecule has 0 aromatic heterocycles. The van der Waals surface area contributed by atoms with Crippen molar-refractivity contribution in [2.75, 3.05) is 18.6 Å². The lowest BCUT2D eigenvalue weighted by atomic mass is 9.93. The maximum Gasteiger partial charge on any atom is 0.157 e. The van der Waals surface area contributed by atoms with Gasteiger partial charge in [0, 0.05) is 25.9 Å². The number of aliphatic hydroxyl groups is 1. The third-order valence-electron chi connectivity index (χ3n) is 4.11. The van der Waals surface area contributed by atoms with Gasteiger partial charge in [-0.2, -0.15) is 0 Å². The number of hydrogen-bond donors (Lipinski definition) is 1. The van der Waals surface area contributed by atoms with Gasteiger partial charge in [0.05, 0.1) is 16.8 Å². The maximum absolute atomic E-state index is 10.3. The average molecular weight is 276 g/mol. The van der Waals surface area contributed by atoms with Crippen LogP contribution in [0.1, 0.15) is 19.3 Å². The molecule has 5 atom stereocenters. The fourth-order valence-corrected chi connectivity index (χ4v) is 6.75. The Balaban J connectivity index is 1.70. The highest BCUT2D eigenvalue weighted by Gasteiger charge is 2.52. The highest BCUT2D eigenvalue weighted by molar-refractivity contribution is 8.17. The molecule has 2 heterocycles. The minimum absolute atomic E-state index is 0.0430. The van der Waals surface area contributed by atoms with Gasteiger partial charge in [0.2, 0.25) is 0 Å². The molecule has 2 aliphatic heterocycles. The number of thioether (sulfide) groups is 2. The molecule has 17 heavy (non-hydrogen) atoms. The molecule has 5 heteroatoms. The summed E-state index contributed by atoms with van der Waals surface area (Å²) in [6.07, 6.45) is 3.07. The minimum atomic E-state index is -0.175. The first-order valence-corrected chi connectivity index (χ1v) is 8.49. The molecule has 2 saturated heterocycles. The van der Waals surface area contributed by atoms with Gasteiger partial charge < -0.3 is 14.6 Å². The monoisotopic (exact) mass is 276 g/mol. The van der Waals surface area contributed by atoms with Crippen molar-refractivity contribution in [3.8, 4) is 0 Å². The Morgan fingerprint density at radius 1 is 1.24 bits per heavy atom. The molecule has 0 bridgehead atoms. The minimum Gasteiger partial charge on any atom is -0.393 e. The first-order chi connectivity index (χ1) is 8.29. The summed E-state index contributed by atoms with van der Waals surface area (Å²) in [6, 6.07) is 0. The Kier molecular flexibility index (Phi) is 3.92. The highest BCUT2D eigenvalue weighted by Crippen LogP contribution is 2.51. The summed E-state index contributed by atoms with van der Waals surface area (Å²) in [4.78, 5) is 0. The van der Waals surface area contributed by atoms with Gasteiger partial charge in [-0.1, -0.05) is 0 Å². The molecule has 0 spiro atoms. The Morgan fingerprint density at radius 3 is 2.71 bits per heavy atom. The molecule has 0 amide bonds. The molecule has 0 aromatic rings. The normalized spacial score (nSPS) is 47.3. The fourth-order valence-electron chi connectivity index (χ4n) is 3.30. The molecular weight excluding hydrogens is 256 g/mol. The van der Waals surface area contributed by atoms with Crippen molar-refractivity contribution in [2.45, 2.75) is 42.3 Å². The highest BCUT2D eigenvalue weighted by atomic mass is 32.2. The van der Waals surface area contributed by atoms with Gasteiger partial charge in [-0.25, -0.2) is 0 Å². The second-order valence-corrected chi connectivity index (χ2v) is 7.88. The van der Waals surface area contributed by atoms with Crippen molar-refractivity contribution in [1.29, 1.82) is 0 Å². The Morgan fingerprint density at radius 2 is 2.00 bits per heavy atom. The van der Waals surface area contributed by atoms with Crippen LogP contribution in [0, 0.1) is 11.8 Å². The van der Waals surface area contributed by atoms with E-state index in [0.717, 1.165) is 12.8 Å². The van der Waals surface area contributed by atoms with Crippen LogP contribution >= 0.6 is 23.5 Å². The van der Waals surface area contributed by atoms with Crippen LogP contribution in [0.3, 0.4) is 0 Å². The SMILES string of the molecule is COC1CC2C(CC(O)C2C2SCCCS2)O1. The lowest BCUT2D eigenvalue weighted by Gasteiger charge is -2.31. The molecule has 5 unspecified atom stereocenters. The van der Waals surface area contributed by atoms with E-state index in [1.807, 2.05) is 23.5 Å². The van der Waals surface area contributed by atoms with Crippen LogP contribution in [0.2, 0.25) is 0 Å². The second-order valence-electron chi connectivity index (χ2n) is 5.08. The van der Waals surface area contributed by atoms with Crippen molar-refractivity contribution >= 4 is 23.5 Å². The summed E-state index contributed by atoms with van der Waals surface area (Å²) in [6.45, 7) is 0. The zero-order valence-electron chi connectivity index (χ0n) is 10.1. The van der Waals surface area contributed by atoms with Gasteiger partial charge in [0.25, 0.3) is 0 Å². The zero-order chi connectivity index (χ0) is 11.8. The second kappa shape index (κ2) is 5.29. The Hall–Kier alpha value is 0.580. The first-order valence-electron chi connectivity index (χ1n) is 6.39. The summed E-state index contributed by atoms with van der Waals surface area (Å²) >= 11 is 4.06. The topological polar surface area (TPSA) is 38.7 Å². The third kappa shape index (κ3) is 2.37. The standard InChI is InChI=1S/C12H20O3S2/c1-14-10-5-7-9(15-10)6-8(13)11(7)12-16-3-2-4-17-12/h7-13H,2-6H2,1H3. The maximum atomic E-state index is 10.3. The van der Waals surface area contributed by atoms with E-state index < -0.39 is 0 Å². The van der Waals surface area contributed by atoms with Crippen LogP contribution in [0.5, 0.6) is 0 Å². The molecule has 98 valence electrons. The summed E-state index contributed by atoms with van der Waals surface area (Å²) in [5, 5.41) is 10.3.